The minimum atomic E-state index is -0.139. The van der Waals surface area contributed by atoms with Gasteiger partial charge in [-0.05, 0) is 29.7 Å². The van der Waals surface area contributed by atoms with E-state index in [1.165, 1.54) is 11.1 Å². The zero-order valence-corrected chi connectivity index (χ0v) is 14.4. The van der Waals surface area contributed by atoms with E-state index in [4.69, 9.17) is 0 Å². The Labute approximate surface area is 147 Å². The van der Waals surface area contributed by atoms with Gasteiger partial charge in [-0.2, -0.15) is 0 Å². The van der Waals surface area contributed by atoms with Crippen LogP contribution in [-0.2, 0) is 24.3 Å². The van der Waals surface area contributed by atoms with Crippen molar-refractivity contribution >= 4 is 16.9 Å². The molecule has 0 saturated carbocycles. The summed E-state index contributed by atoms with van der Waals surface area (Å²) < 4.78 is 2.10. The Morgan fingerprint density at radius 2 is 1.96 bits per heavy atom. The molecule has 0 bridgehead atoms. The van der Waals surface area contributed by atoms with Gasteiger partial charge in [0, 0.05) is 26.7 Å². The number of rotatable bonds is 4. The number of imidazole rings is 1. The summed E-state index contributed by atoms with van der Waals surface area (Å²) in [6.07, 6.45) is 2.60. The fourth-order valence-corrected chi connectivity index (χ4v) is 3.45. The molecule has 0 unspecified atom stereocenters. The normalized spacial score (nSPS) is 16.6. The molecule has 2 heterocycles. The molecule has 0 aliphatic carbocycles. The SMILES string of the molecule is CN(CCn1cnc2ccccc21)C(=O)[C@H]1Cc2ccccc2CN1. The first-order valence-corrected chi connectivity index (χ1v) is 8.67. The van der Waals surface area contributed by atoms with Crippen molar-refractivity contribution in [1.82, 2.24) is 19.8 Å². The number of nitrogens with one attached hydrogen (secondary N) is 1. The van der Waals surface area contributed by atoms with Crippen LogP contribution in [-0.4, -0.2) is 40.0 Å². The molecule has 1 N–H and O–H groups in total. The van der Waals surface area contributed by atoms with Gasteiger partial charge < -0.3 is 14.8 Å². The molecule has 0 saturated heterocycles. The third kappa shape index (κ3) is 3.15. The number of nitrogens with zero attached hydrogens (tertiary/aromatic N) is 3. The second kappa shape index (κ2) is 6.69. The topological polar surface area (TPSA) is 50.2 Å². The van der Waals surface area contributed by atoms with Crippen LogP contribution in [0.4, 0.5) is 0 Å². The van der Waals surface area contributed by atoms with E-state index in [2.05, 4.69) is 33.1 Å². The predicted molar refractivity (Wildman–Crippen MR) is 98.1 cm³/mol. The Kier molecular flexibility index (Phi) is 4.24. The fourth-order valence-electron chi connectivity index (χ4n) is 3.45. The Hall–Kier alpha value is -2.66. The zero-order chi connectivity index (χ0) is 17.2. The lowest BCUT2D eigenvalue weighted by molar-refractivity contribution is -0.132. The number of likely N-dealkylation sites (N-methyl/N-ethyl adjacent to an activating group) is 1. The molecule has 1 atom stereocenters. The first-order valence-electron chi connectivity index (χ1n) is 8.67. The molecule has 0 radical (unpaired) electrons. The lowest BCUT2D eigenvalue weighted by atomic mass is 9.95. The highest BCUT2D eigenvalue weighted by Crippen LogP contribution is 2.17. The number of amides is 1. The molecule has 5 nitrogen and oxygen atoms in total. The average Bonchev–Trinajstić information content (AvgIpc) is 3.08. The maximum Gasteiger partial charge on any atom is 0.239 e. The third-order valence-electron chi connectivity index (χ3n) is 4.96. The van der Waals surface area contributed by atoms with Crippen molar-refractivity contribution in [3.05, 3.63) is 66.0 Å². The van der Waals surface area contributed by atoms with E-state index in [0.29, 0.717) is 6.54 Å². The molecule has 5 heteroatoms. The van der Waals surface area contributed by atoms with E-state index in [1.807, 2.05) is 48.6 Å². The lowest BCUT2D eigenvalue weighted by Gasteiger charge is -2.29. The monoisotopic (exact) mass is 334 g/mol. The molecule has 1 aromatic heterocycles. The molecule has 0 fully saturated rings. The summed E-state index contributed by atoms with van der Waals surface area (Å²) in [4.78, 5) is 19.0. The lowest BCUT2D eigenvalue weighted by Crippen LogP contribution is -2.48. The van der Waals surface area contributed by atoms with Crippen molar-refractivity contribution in [1.29, 1.82) is 0 Å². The van der Waals surface area contributed by atoms with Gasteiger partial charge in [-0.1, -0.05) is 36.4 Å². The number of hydrogen-bond acceptors (Lipinski definition) is 3. The second-order valence-corrected chi connectivity index (χ2v) is 6.59. The molecule has 1 aliphatic heterocycles. The van der Waals surface area contributed by atoms with Crippen LogP contribution < -0.4 is 5.32 Å². The van der Waals surface area contributed by atoms with E-state index >= 15 is 0 Å². The molecule has 25 heavy (non-hydrogen) atoms. The summed E-state index contributed by atoms with van der Waals surface area (Å²) >= 11 is 0. The number of aromatic nitrogens is 2. The van der Waals surface area contributed by atoms with Crippen LogP contribution >= 0.6 is 0 Å². The Morgan fingerprint density at radius 3 is 2.84 bits per heavy atom. The highest BCUT2D eigenvalue weighted by Gasteiger charge is 2.26. The molecule has 2 aromatic carbocycles. The highest BCUT2D eigenvalue weighted by molar-refractivity contribution is 5.82. The zero-order valence-electron chi connectivity index (χ0n) is 14.4. The minimum absolute atomic E-state index is 0.139. The molecule has 1 aliphatic rings. The summed E-state index contributed by atoms with van der Waals surface area (Å²) in [6.45, 7) is 2.16. The molecule has 3 aromatic rings. The number of hydrogen-bond donors (Lipinski definition) is 1. The number of carbonyl (C=O) groups excluding carboxylic acids is 1. The first kappa shape index (κ1) is 15.8. The molecule has 128 valence electrons. The van der Waals surface area contributed by atoms with E-state index in [-0.39, 0.29) is 11.9 Å². The van der Waals surface area contributed by atoms with Crippen molar-refractivity contribution in [2.24, 2.45) is 0 Å². The molecule has 4 rings (SSSR count). The largest absolute Gasteiger partial charge is 0.343 e. The summed E-state index contributed by atoms with van der Waals surface area (Å²) in [5, 5.41) is 3.37. The maximum absolute atomic E-state index is 12.8. The van der Waals surface area contributed by atoms with Crippen LogP contribution in [0.1, 0.15) is 11.1 Å². The van der Waals surface area contributed by atoms with Crippen LogP contribution in [0.2, 0.25) is 0 Å². The summed E-state index contributed by atoms with van der Waals surface area (Å²) in [5.41, 5.74) is 4.66. The average molecular weight is 334 g/mol. The van der Waals surface area contributed by atoms with Gasteiger partial charge in [-0.15, -0.1) is 0 Å². The second-order valence-electron chi connectivity index (χ2n) is 6.59. The standard InChI is InChI=1S/C20H22N4O/c1-23(10-11-24-14-22-17-8-4-5-9-19(17)24)20(25)18-12-15-6-2-3-7-16(15)13-21-18/h2-9,14,18,21H,10-13H2,1H3/t18-/m1/s1. The molecule has 1 amide bonds. The van der Waals surface area contributed by atoms with Gasteiger partial charge in [0.05, 0.1) is 23.4 Å². The quantitative estimate of drug-likeness (QED) is 0.796. The van der Waals surface area contributed by atoms with E-state index < -0.39 is 0 Å². The number of carbonyl (C=O) groups is 1. The number of benzene rings is 2. The maximum atomic E-state index is 12.8. The first-order chi connectivity index (χ1) is 12.2. The third-order valence-corrected chi connectivity index (χ3v) is 4.96. The van der Waals surface area contributed by atoms with Crippen LogP contribution in [0.25, 0.3) is 11.0 Å². The molecule has 0 spiro atoms. The van der Waals surface area contributed by atoms with Crippen LogP contribution in [0.15, 0.2) is 54.9 Å². The van der Waals surface area contributed by atoms with Gasteiger partial charge in [0.1, 0.15) is 0 Å². The minimum Gasteiger partial charge on any atom is -0.343 e. The highest BCUT2D eigenvalue weighted by atomic mass is 16.2. The molecular weight excluding hydrogens is 312 g/mol. The van der Waals surface area contributed by atoms with E-state index in [9.17, 15) is 4.79 Å². The van der Waals surface area contributed by atoms with Crippen LogP contribution in [0.5, 0.6) is 0 Å². The van der Waals surface area contributed by atoms with Gasteiger partial charge in [-0.3, -0.25) is 4.79 Å². The van der Waals surface area contributed by atoms with Crippen molar-refractivity contribution < 1.29 is 4.79 Å². The Balaban J connectivity index is 1.40. The smallest absolute Gasteiger partial charge is 0.239 e. The number of para-hydroxylation sites is 2. The van der Waals surface area contributed by atoms with Crippen molar-refractivity contribution in [2.75, 3.05) is 13.6 Å². The van der Waals surface area contributed by atoms with Crippen LogP contribution in [0.3, 0.4) is 0 Å². The Morgan fingerprint density at radius 1 is 1.20 bits per heavy atom. The number of fused-ring (bicyclic) bond motifs is 2. The van der Waals surface area contributed by atoms with Crippen molar-refractivity contribution in [3.8, 4) is 0 Å². The predicted octanol–water partition coefficient (Wildman–Crippen LogP) is 2.21. The summed E-state index contributed by atoms with van der Waals surface area (Å²) in [5.74, 6) is 0.152. The fraction of sp³-hybridized carbons (Fsp3) is 0.300. The van der Waals surface area contributed by atoms with Gasteiger partial charge >= 0.3 is 0 Å². The van der Waals surface area contributed by atoms with Crippen molar-refractivity contribution in [3.63, 3.8) is 0 Å². The van der Waals surface area contributed by atoms with Gasteiger partial charge in [0.2, 0.25) is 5.91 Å². The van der Waals surface area contributed by atoms with Crippen LogP contribution in [0, 0.1) is 0 Å². The Bertz CT molecular complexity index is 901. The van der Waals surface area contributed by atoms with Gasteiger partial charge in [-0.25, -0.2) is 4.98 Å². The summed E-state index contributed by atoms with van der Waals surface area (Å²) in [6, 6.07) is 16.3. The van der Waals surface area contributed by atoms with Gasteiger partial charge in [0.25, 0.3) is 0 Å². The molecular formula is C20H22N4O. The van der Waals surface area contributed by atoms with E-state index in [0.717, 1.165) is 30.5 Å². The van der Waals surface area contributed by atoms with Gasteiger partial charge in [0.15, 0.2) is 0 Å². The van der Waals surface area contributed by atoms with Crippen molar-refractivity contribution in [2.45, 2.75) is 25.6 Å². The summed E-state index contributed by atoms with van der Waals surface area (Å²) in [7, 11) is 1.88. The van der Waals surface area contributed by atoms with E-state index in [1.54, 1.807) is 0 Å².